The van der Waals surface area contributed by atoms with E-state index in [1.807, 2.05) is 11.8 Å². The van der Waals surface area contributed by atoms with Crippen molar-refractivity contribution in [3.05, 3.63) is 0 Å². The minimum atomic E-state index is -0.316. The molecule has 0 aromatic carbocycles. The number of nitrogens with zero attached hydrogens (tertiary/aromatic N) is 1. The average Bonchev–Trinajstić information content (AvgIpc) is 2.77. The summed E-state index contributed by atoms with van der Waals surface area (Å²) in [6.07, 6.45) is 4.30. The third-order valence-electron chi connectivity index (χ3n) is 4.61. The molecule has 1 saturated heterocycles. The molecule has 4 nitrogen and oxygen atoms in total. The lowest BCUT2D eigenvalue weighted by Crippen LogP contribution is -2.62. The SMILES string of the molecule is CCC(C)C1NC(=O)CN(C2CCCC2C)C1=O. The van der Waals surface area contributed by atoms with Crippen LogP contribution in [-0.4, -0.2) is 35.3 Å². The highest BCUT2D eigenvalue weighted by Crippen LogP contribution is 2.31. The first-order valence-electron chi connectivity index (χ1n) is 7.14. The second-order valence-corrected chi connectivity index (χ2v) is 5.87. The molecule has 2 aliphatic rings. The minimum absolute atomic E-state index is 0.000926. The first-order chi connectivity index (χ1) is 8.54. The molecule has 1 aliphatic heterocycles. The molecule has 1 N–H and O–H groups in total. The van der Waals surface area contributed by atoms with Crippen molar-refractivity contribution >= 4 is 11.8 Å². The van der Waals surface area contributed by atoms with Gasteiger partial charge in [0.2, 0.25) is 11.8 Å². The maximum atomic E-state index is 12.5. The van der Waals surface area contributed by atoms with Crippen molar-refractivity contribution in [3.8, 4) is 0 Å². The van der Waals surface area contributed by atoms with Crippen LogP contribution in [-0.2, 0) is 9.59 Å². The summed E-state index contributed by atoms with van der Waals surface area (Å²) in [6.45, 7) is 6.53. The fourth-order valence-electron chi connectivity index (χ4n) is 3.18. The standard InChI is InChI=1S/C14H24N2O2/c1-4-9(2)13-14(18)16(8-12(17)15-13)11-7-5-6-10(11)3/h9-11,13H,4-8H2,1-3H3,(H,15,17). The van der Waals surface area contributed by atoms with Crippen LogP contribution < -0.4 is 5.32 Å². The highest BCUT2D eigenvalue weighted by molar-refractivity contribution is 5.95. The van der Waals surface area contributed by atoms with E-state index in [0.29, 0.717) is 5.92 Å². The first kappa shape index (κ1) is 13.4. The van der Waals surface area contributed by atoms with E-state index in [0.717, 1.165) is 12.8 Å². The van der Waals surface area contributed by atoms with E-state index >= 15 is 0 Å². The molecule has 1 heterocycles. The van der Waals surface area contributed by atoms with Gasteiger partial charge in [0.25, 0.3) is 0 Å². The fourth-order valence-corrected chi connectivity index (χ4v) is 3.18. The molecule has 4 unspecified atom stereocenters. The van der Waals surface area contributed by atoms with E-state index in [4.69, 9.17) is 0 Å². The molecule has 18 heavy (non-hydrogen) atoms. The van der Waals surface area contributed by atoms with Gasteiger partial charge >= 0.3 is 0 Å². The second-order valence-electron chi connectivity index (χ2n) is 5.87. The van der Waals surface area contributed by atoms with E-state index in [1.54, 1.807) is 0 Å². The number of piperazine rings is 1. The van der Waals surface area contributed by atoms with Crippen LogP contribution in [0.2, 0.25) is 0 Å². The smallest absolute Gasteiger partial charge is 0.246 e. The molecule has 0 radical (unpaired) electrons. The third-order valence-corrected chi connectivity index (χ3v) is 4.61. The van der Waals surface area contributed by atoms with E-state index in [9.17, 15) is 9.59 Å². The molecule has 2 rings (SSSR count). The van der Waals surface area contributed by atoms with Gasteiger partial charge in [-0.2, -0.15) is 0 Å². The van der Waals surface area contributed by atoms with Gasteiger partial charge in [0.15, 0.2) is 0 Å². The Morgan fingerprint density at radius 3 is 2.67 bits per heavy atom. The number of amides is 2. The minimum Gasteiger partial charge on any atom is -0.342 e. The summed E-state index contributed by atoms with van der Waals surface area (Å²) in [6, 6.07) is -0.0424. The van der Waals surface area contributed by atoms with Crippen molar-refractivity contribution in [1.29, 1.82) is 0 Å². The maximum Gasteiger partial charge on any atom is 0.246 e. The lowest BCUT2D eigenvalue weighted by atomic mass is 9.94. The molecule has 0 bridgehead atoms. The number of hydrogen-bond donors (Lipinski definition) is 1. The van der Waals surface area contributed by atoms with Gasteiger partial charge in [0.1, 0.15) is 6.04 Å². The van der Waals surface area contributed by atoms with Gasteiger partial charge in [-0.25, -0.2) is 0 Å². The molecule has 0 aromatic heterocycles. The summed E-state index contributed by atoms with van der Waals surface area (Å²) >= 11 is 0. The Bertz CT molecular complexity index is 343. The lowest BCUT2D eigenvalue weighted by molar-refractivity contribution is -0.148. The van der Waals surface area contributed by atoms with E-state index in [1.165, 1.54) is 12.8 Å². The van der Waals surface area contributed by atoms with Crippen molar-refractivity contribution in [2.24, 2.45) is 11.8 Å². The summed E-state index contributed by atoms with van der Waals surface area (Å²) in [5.74, 6) is 0.861. The Morgan fingerprint density at radius 1 is 1.39 bits per heavy atom. The van der Waals surface area contributed by atoms with Crippen molar-refractivity contribution in [2.45, 2.75) is 58.5 Å². The topological polar surface area (TPSA) is 49.4 Å². The van der Waals surface area contributed by atoms with Gasteiger partial charge < -0.3 is 10.2 Å². The molecule has 4 heteroatoms. The van der Waals surface area contributed by atoms with E-state index in [-0.39, 0.29) is 36.4 Å². The summed E-state index contributed by atoms with van der Waals surface area (Å²) < 4.78 is 0. The molecule has 0 aromatic rings. The molecule has 0 spiro atoms. The molecule has 1 aliphatic carbocycles. The Morgan fingerprint density at radius 2 is 2.11 bits per heavy atom. The van der Waals surface area contributed by atoms with Crippen molar-refractivity contribution in [1.82, 2.24) is 10.2 Å². The van der Waals surface area contributed by atoms with Crippen LogP contribution in [0.25, 0.3) is 0 Å². The van der Waals surface area contributed by atoms with Crippen molar-refractivity contribution < 1.29 is 9.59 Å². The Labute approximate surface area is 109 Å². The van der Waals surface area contributed by atoms with Gasteiger partial charge in [-0.05, 0) is 24.7 Å². The number of rotatable bonds is 3. The zero-order valence-electron chi connectivity index (χ0n) is 11.6. The predicted octanol–water partition coefficient (Wildman–Crippen LogP) is 1.55. The van der Waals surface area contributed by atoms with Crippen LogP contribution in [0.3, 0.4) is 0 Å². The molecular weight excluding hydrogens is 228 g/mol. The summed E-state index contributed by atoms with van der Waals surface area (Å²) in [5.41, 5.74) is 0. The quantitative estimate of drug-likeness (QED) is 0.828. The third kappa shape index (κ3) is 2.38. The van der Waals surface area contributed by atoms with Crippen LogP contribution in [0.4, 0.5) is 0 Å². The van der Waals surface area contributed by atoms with Crippen LogP contribution in [0.15, 0.2) is 0 Å². The molecular formula is C14H24N2O2. The Kier molecular flexibility index (Phi) is 3.93. The van der Waals surface area contributed by atoms with Gasteiger partial charge in [-0.15, -0.1) is 0 Å². The predicted molar refractivity (Wildman–Crippen MR) is 69.9 cm³/mol. The first-order valence-corrected chi connectivity index (χ1v) is 7.14. The number of hydrogen-bond acceptors (Lipinski definition) is 2. The molecule has 102 valence electrons. The Balaban J connectivity index is 2.14. The molecule has 1 saturated carbocycles. The average molecular weight is 252 g/mol. The monoisotopic (exact) mass is 252 g/mol. The van der Waals surface area contributed by atoms with Crippen LogP contribution >= 0.6 is 0 Å². The van der Waals surface area contributed by atoms with Crippen LogP contribution in [0.1, 0.15) is 46.5 Å². The highest BCUT2D eigenvalue weighted by atomic mass is 16.2. The van der Waals surface area contributed by atoms with Crippen LogP contribution in [0.5, 0.6) is 0 Å². The number of carbonyl (C=O) groups excluding carboxylic acids is 2. The van der Waals surface area contributed by atoms with Gasteiger partial charge in [-0.3, -0.25) is 9.59 Å². The van der Waals surface area contributed by atoms with E-state index in [2.05, 4.69) is 19.2 Å². The van der Waals surface area contributed by atoms with Crippen molar-refractivity contribution in [3.63, 3.8) is 0 Å². The molecule has 2 fully saturated rings. The Hall–Kier alpha value is -1.06. The van der Waals surface area contributed by atoms with Crippen LogP contribution in [0, 0.1) is 11.8 Å². The zero-order valence-corrected chi connectivity index (χ0v) is 11.6. The summed E-state index contributed by atoms with van der Waals surface area (Å²) in [7, 11) is 0. The second kappa shape index (κ2) is 5.29. The number of carbonyl (C=O) groups is 2. The molecule has 2 amide bonds. The maximum absolute atomic E-state index is 12.5. The lowest BCUT2D eigenvalue weighted by Gasteiger charge is -2.39. The highest BCUT2D eigenvalue weighted by Gasteiger charge is 2.41. The van der Waals surface area contributed by atoms with Gasteiger partial charge in [0, 0.05) is 6.04 Å². The largest absolute Gasteiger partial charge is 0.342 e. The number of nitrogens with one attached hydrogen (secondary N) is 1. The normalized spacial score (nSPS) is 34.6. The molecule has 4 atom stereocenters. The van der Waals surface area contributed by atoms with Crippen molar-refractivity contribution in [2.75, 3.05) is 6.54 Å². The zero-order chi connectivity index (χ0) is 13.3. The summed E-state index contributed by atoms with van der Waals surface area (Å²) in [4.78, 5) is 26.2. The van der Waals surface area contributed by atoms with Gasteiger partial charge in [-0.1, -0.05) is 33.6 Å². The fraction of sp³-hybridized carbons (Fsp3) is 0.857. The van der Waals surface area contributed by atoms with Gasteiger partial charge in [0.05, 0.1) is 6.54 Å². The van der Waals surface area contributed by atoms with E-state index < -0.39 is 0 Å². The summed E-state index contributed by atoms with van der Waals surface area (Å²) in [5, 5.41) is 2.85.